The zero-order valence-electron chi connectivity index (χ0n) is 18.7. The van der Waals surface area contributed by atoms with Gasteiger partial charge in [0.1, 0.15) is 11.5 Å². The molecular weight excluding hydrogens is 405 g/mol. The van der Waals surface area contributed by atoms with Gasteiger partial charge in [-0.15, -0.1) is 0 Å². The average Bonchev–Trinajstić information content (AvgIpc) is 2.27. The number of alkyl halides is 3. The van der Waals surface area contributed by atoms with Crippen LogP contribution < -0.4 is 0 Å². The zero-order valence-corrected chi connectivity index (χ0v) is 19.5. The molecule has 0 aromatic carbocycles. The Kier molecular flexibility index (Phi) is 7.10. The van der Waals surface area contributed by atoms with Crippen molar-refractivity contribution in [2.75, 3.05) is 0 Å². The predicted molar refractivity (Wildman–Crippen MR) is 108 cm³/mol. The minimum absolute atomic E-state index is 0.233. The Morgan fingerprint density at radius 3 is 1.31 bits per heavy atom. The van der Waals surface area contributed by atoms with Gasteiger partial charge >= 0.3 is 15.6 Å². The van der Waals surface area contributed by atoms with Crippen molar-refractivity contribution in [3.8, 4) is 0 Å². The van der Waals surface area contributed by atoms with Crippen LogP contribution in [0.4, 0.5) is 13.2 Å². The van der Waals surface area contributed by atoms with E-state index in [1.54, 1.807) is 0 Å². The molecule has 2 aliphatic carbocycles. The summed E-state index contributed by atoms with van der Waals surface area (Å²) in [5, 5.41) is 0. The van der Waals surface area contributed by atoms with E-state index in [4.69, 9.17) is 17.7 Å². The Bertz CT molecular complexity index is 726. The number of hydrogen-bond acceptors (Lipinski definition) is 3. The third-order valence-electron chi connectivity index (χ3n) is 4.83. The van der Waals surface area contributed by atoms with Crippen LogP contribution in [0.15, 0.2) is 23.7 Å². The highest BCUT2D eigenvalue weighted by molar-refractivity contribution is 7.86. The van der Waals surface area contributed by atoms with Crippen molar-refractivity contribution in [2.24, 2.45) is 21.7 Å². The summed E-state index contributed by atoms with van der Waals surface area (Å²) in [5.41, 5.74) is -4.41. The fourth-order valence-electron chi connectivity index (χ4n) is 4.91. The maximum Gasteiger partial charge on any atom is 0.522 e. The summed E-state index contributed by atoms with van der Waals surface area (Å²) in [6.45, 7) is 18.7. The maximum atomic E-state index is 10.7. The van der Waals surface area contributed by atoms with Crippen molar-refractivity contribution in [3.63, 3.8) is 0 Å². The lowest BCUT2D eigenvalue weighted by atomic mass is 9.68. The predicted octanol–water partition coefficient (Wildman–Crippen LogP) is 6.86. The van der Waals surface area contributed by atoms with Crippen LogP contribution in [-0.4, -0.2) is 18.5 Å². The summed E-state index contributed by atoms with van der Waals surface area (Å²) in [5.74, 6) is 2.35. The van der Waals surface area contributed by atoms with Crippen molar-refractivity contribution in [3.05, 3.63) is 23.7 Å². The molecule has 0 radical (unpaired) electrons. The average molecular weight is 441 g/mol. The molecule has 4 nitrogen and oxygen atoms in total. The van der Waals surface area contributed by atoms with Gasteiger partial charge in [0.15, 0.2) is 0 Å². The molecule has 0 saturated carbocycles. The second-order valence-electron chi connectivity index (χ2n) is 11.3. The van der Waals surface area contributed by atoms with Crippen molar-refractivity contribution >= 4 is 10.1 Å². The first-order valence-electron chi connectivity index (χ1n) is 9.68. The van der Waals surface area contributed by atoms with E-state index in [-0.39, 0.29) is 10.8 Å². The molecule has 0 bridgehead atoms. The van der Waals surface area contributed by atoms with Gasteiger partial charge in [0.05, 0.1) is 0 Å². The number of rotatable bonds is 2. The van der Waals surface area contributed by atoms with Crippen LogP contribution in [0.2, 0.25) is 0 Å². The molecule has 2 aliphatic rings. The van der Waals surface area contributed by atoms with E-state index in [2.05, 4.69) is 67.5 Å². The van der Waals surface area contributed by atoms with Crippen molar-refractivity contribution in [1.82, 2.24) is 0 Å². The van der Waals surface area contributed by atoms with Crippen LogP contribution in [0.3, 0.4) is 0 Å². The number of ether oxygens (including phenoxy) is 1. The lowest BCUT2D eigenvalue weighted by molar-refractivity contribution is -0.0510. The molecule has 29 heavy (non-hydrogen) atoms. The van der Waals surface area contributed by atoms with E-state index in [1.165, 1.54) is 24.4 Å². The number of allylic oxidation sites excluding steroid dienone is 4. The standard InChI is InChI=1S/C20H34O.CHF3O3S/c1-17(2)9-15(10-18(3,4)13-17)21-16-11-19(5,6)14-20(7,8)12-16;2-1(3,4)8(5,6)7/h9,11H,10,12-14H2,1-8H3;(H,5,6,7). The first kappa shape index (κ1) is 26.0. The van der Waals surface area contributed by atoms with Gasteiger partial charge in [-0.1, -0.05) is 55.4 Å². The molecule has 0 aromatic rings. The fraction of sp³-hybridized carbons (Fsp3) is 0.810. The molecule has 0 heterocycles. The zero-order chi connectivity index (χ0) is 23.1. The van der Waals surface area contributed by atoms with E-state index in [0.717, 1.165) is 12.8 Å². The Balaban J connectivity index is 0.000000447. The van der Waals surface area contributed by atoms with E-state index >= 15 is 0 Å². The van der Waals surface area contributed by atoms with E-state index in [9.17, 15) is 13.2 Å². The van der Waals surface area contributed by atoms with Crippen LogP contribution in [0.5, 0.6) is 0 Å². The summed E-state index contributed by atoms with van der Waals surface area (Å²) in [7, 11) is -5.84. The number of halogens is 3. The van der Waals surface area contributed by atoms with Gasteiger partial charge < -0.3 is 4.74 Å². The van der Waals surface area contributed by atoms with Gasteiger partial charge in [-0.2, -0.15) is 21.6 Å². The third-order valence-corrected chi connectivity index (χ3v) is 5.42. The molecule has 2 rings (SSSR count). The second-order valence-corrected chi connectivity index (χ2v) is 12.7. The molecule has 0 aliphatic heterocycles. The van der Waals surface area contributed by atoms with Crippen molar-refractivity contribution in [2.45, 2.75) is 86.6 Å². The molecule has 0 aromatic heterocycles. The van der Waals surface area contributed by atoms with Crippen molar-refractivity contribution < 1.29 is 30.9 Å². The van der Waals surface area contributed by atoms with E-state index in [1.807, 2.05) is 0 Å². The normalized spacial score (nSPS) is 25.1. The minimum atomic E-state index is -5.84. The van der Waals surface area contributed by atoms with Gasteiger partial charge in [0, 0.05) is 12.8 Å². The monoisotopic (exact) mass is 440 g/mol. The highest BCUT2D eigenvalue weighted by Gasteiger charge is 2.44. The molecule has 0 saturated heterocycles. The molecule has 0 atom stereocenters. The molecule has 170 valence electrons. The smallest absolute Gasteiger partial charge is 0.467 e. The maximum absolute atomic E-state index is 10.7. The van der Waals surface area contributed by atoms with Gasteiger partial charge in [0.25, 0.3) is 0 Å². The van der Waals surface area contributed by atoms with Gasteiger partial charge in [-0.3, -0.25) is 4.55 Å². The molecule has 0 fully saturated rings. The van der Waals surface area contributed by atoms with Crippen molar-refractivity contribution in [1.29, 1.82) is 0 Å². The summed E-state index contributed by atoms with van der Waals surface area (Å²) >= 11 is 0. The summed E-state index contributed by atoms with van der Waals surface area (Å²) in [6, 6.07) is 0. The topological polar surface area (TPSA) is 63.6 Å². The first-order valence-corrected chi connectivity index (χ1v) is 11.1. The Labute approximate surface area is 173 Å². The third kappa shape index (κ3) is 8.70. The summed E-state index contributed by atoms with van der Waals surface area (Å²) in [4.78, 5) is 0. The van der Waals surface area contributed by atoms with Gasteiger partial charge in [0.2, 0.25) is 0 Å². The Morgan fingerprint density at radius 2 is 1.10 bits per heavy atom. The minimum Gasteiger partial charge on any atom is -0.467 e. The quantitative estimate of drug-likeness (QED) is 0.376. The van der Waals surface area contributed by atoms with Crippen LogP contribution in [0.25, 0.3) is 0 Å². The first-order chi connectivity index (χ1) is 12.5. The van der Waals surface area contributed by atoms with E-state index < -0.39 is 15.6 Å². The molecule has 0 amide bonds. The largest absolute Gasteiger partial charge is 0.522 e. The Hall–Kier alpha value is -1.02. The Morgan fingerprint density at radius 1 is 0.828 bits per heavy atom. The molecule has 1 N–H and O–H groups in total. The van der Waals surface area contributed by atoms with Crippen LogP contribution in [-0.2, 0) is 14.9 Å². The summed E-state index contributed by atoms with van der Waals surface area (Å²) < 4.78 is 63.9. The second kappa shape index (κ2) is 7.91. The fourth-order valence-corrected chi connectivity index (χ4v) is 4.91. The summed E-state index contributed by atoms with van der Waals surface area (Å²) in [6.07, 6.45) is 9.26. The van der Waals surface area contributed by atoms with E-state index in [0.29, 0.717) is 10.8 Å². The molecular formula is C21H35F3O4S. The molecule has 0 spiro atoms. The van der Waals surface area contributed by atoms with Crippen LogP contribution >= 0.6 is 0 Å². The number of hydrogen-bond donors (Lipinski definition) is 1. The lowest BCUT2D eigenvalue weighted by Crippen LogP contribution is -2.30. The SMILES string of the molecule is CC1(C)C=C(OC2=CC(C)(C)CC(C)(C)C2)CC(C)(C)C1.O=S(=O)(O)C(F)(F)F. The van der Waals surface area contributed by atoms with Gasteiger partial charge in [-0.25, -0.2) is 0 Å². The van der Waals surface area contributed by atoms with Crippen LogP contribution in [0.1, 0.15) is 81.1 Å². The lowest BCUT2D eigenvalue weighted by Gasteiger charge is -2.41. The van der Waals surface area contributed by atoms with Gasteiger partial charge in [-0.05, 0) is 46.7 Å². The highest BCUT2D eigenvalue weighted by Crippen LogP contribution is 2.48. The molecule has 0 unspecified atom stereocenters. The highest BCUT2D eigenvalue weighted by atomic mass is 32.2. The van der Waals surface area contributed by atoms with Crippen LogP contribution in [0, 0.1) is 21.7 Å². The molecule has 8 heteroatoms.